The summed E-state index contributed by atoms with van der Waals surface area (Å²) in [4.78, 5) is 27.7. The van der Waals surface area contributed by atoms with Crippen LogP contribution in [0.1, 0.15) is 34.7 Å². The lowest BCUT2D eigenvalue weighted by Crippen LogP contribution is -2.16. The van der Waals surface area contributed by atoms with Crippen LogP contribution >= 0.6 is 0 Å². The second-order valence-electron chi connectivity index (χ2n) is 3.62. The molecular weight excluding hydrogens is 250 g/mol. The van der Waals surface area contributed by atoms with Gasteiger partial charge in [-0.25, -0.2) is 14.6 Å². The minimum Gasteiger partial charge on any atom is -0.462 e. The molecule has 0 aliphatic carbocycles. The highest BCUT2D eigenvalue weighted by molar-refractivity contribution is 6.04. The Morgan fingerprint density at radius 2 is 1.89 bits per heavy atom. The molecule has 0 amide bonds. The molecule has 0 aromatic carbocycles. The molecule has 100 valence electrons. The molecule has 0 aliphatic rings. The molecule has 0 unspecified atom stereocenters. The number of fused-ring (bicyclic) bond motifs is 1. The maximum absolute atomic E-state index is 11.8. The number of aromatic nitrogens is 3. The van der Waals surface area contributed by atoms with Crippen molar-refractivity contribution in [3.05, 3.63) is 23.5 Å². The third-order valence-corrected chi connectivity index (χ3v) is 2.39. The molecular formula is C12H13N3O4. The molecule has 7 nitrogen and oxygen atoms in total. The normalized spacial score (nSPS) is 10.4. The van der Waals surface area contributed by atoms with Gasteiger partial charge in [-0.1, -0.05) is 0 Å². The molecule has 0 aliphatic heterocycles. The van der Waals surface area contributed by atoms with Crippen LogP contribution in [-0.2, 0) is 9.47 Å². The van der Waals surface area contributed by atoms with Crippen molar-refractivity contribution >= 4 is 23.0 Å². The zero-order valence-corrected chi connectivity index (χ0v) is 10.6. The standard InChI is InChI=1S/C12H13N3O4/c1-3-18-11(16)8-5-7-6-13-15-10(7)14-9(8)12(17)19-4-2/h5-6H,3-4H2,1-2H3,(H,13,14,15). The van der Waals surface area contributed by atoms with Gasteiger partial charge in [-0.15, -0.1) is 0 Å². The lowest BCUT2D eigenvalue weighted by atomic mass is 10.1. The molecule has 0 saturated heterocycles. The Kier molecular flexibility index (Phi) is 3.74. The first kappa shape index (κ1) is 13.0. The van der Waals surface area contributed by atoms with E-state index in [0.717, 1.165) is 0 Å². The summed E-state index contributed by atoms with van der Waals surface area (Å²) in [5.41, 5.74) is 0.338. The number of pyridine rings is 1. The van der Waals surface area contributed by atoms with Crippen LogP contribution in [0.15, 0.2) is 12.3 Å². The van der Waals surface area contributed by atoms with Crippen molar-refractivity contribution in [2.45, 2.75) is 13.8 Å². The van der Waals surface area contributed by atoms with Gasteiger partial charge in [0.25, 0.3) is 0 Å². The monoisotopic (exact) mass is 263 g/mol. The Bertz CT molecular complexity index is 568. The number of H-pyrrole nitrogens is 1. The van der Waals surface area contributed by atoms with Gasteiger partial charge in [0, 0.05) is 11.6 Å². The Morgan fingerprint density at radius 1 is 1.21 bits per heavy atom. The molecule has 0 radical (unpaired) electrons. The molecule has 2 rings (SSSR count). The topological polar surface area (TPSA) is 94.2 Å². The molecule has 2 aromatic heterocycles. The Balaban J connectivity index is 2.53. The van der Waals surface area contributed by atoms with Crippen molar-refractivity contribution in [1.29, 1.82) is 0 Å². The van der Waals surface area contributed by atoms with E-state index >= 15 is 0 Å². The quantitative estimate of drug-likeness (QED) is 0.836. The van der Waals surface area contributed by atoms with Gasteiger partial charge in [-0.05, 0) is 19.9 Å². The maximum atomic E-state index is 11.8. The summed E-state index contributed by atoms with van der Waals surface area (Å²) in [6, 6.07) is 1.51. The van der Waals surface area contributed by atoms with E-state index in [9.17, 15) is 9.59 Å². The minimum absolute atomic E-state index is 0.0780. The van der Waals surface area contributed by atoms with E-state index in [1.54, 1.807) is 20.0 Å². The number of aromatic amines is 1. The number of hydrogen-bond donors (Lipinski definition) is 1. The molecule has 1 N–H and O–H groups in total. The number of nitrogens with zero attached hydrogens (tertiary/aromatic N) is 2. The Morgan fingerprint density at radius 3 is 2.58 bits per heavy atom. The fourth-order valence-corrected chi connectivity index (χ4v) is 1.60. The molecule has 7 heteroatoms. The van der Waals surface area contributed by atoms with E-state index in [2.05, 4.69) is 15.2 Å². The van der Waals surface area contributed by atoms with Crippen LogP contribution in [-0.4, -0.2) is 40.3 Å². The van der Waals surface area contributed by atoms with Gasteiger partial charge in [-0.2, -0.15) is 5.10 Å². The summed E-state index contributed by atoms with van der Waals surface area (Å²) >= 11 is 0. The first-order valence-electron chi connectivity index (χ1n) is 5.86. The van der Waals surface area contributed by atoms with E-state index in [1.807, 2.05) is 0 Å². The Hall–Kier alpha value is -2.44. The van der Waals surface area contributed by atoms with Crippen molar-refractivity contribution in [2.75, 3.05) is 13.2 Å². The summed E-state index contributed by atoms with van der Waals surface area (Å²) in [7, 11) is 0. The van der Waals surface area contributed by atoms with Crippen molar-refractivity contribution in [3.8, 4) is 0 Å². The average molecular weight is 263 g/mol. The molecule has 0 saturated carbocycles. The predicted molar refractivity (Wildman–Crippen MR) is 65.8 cm³/mol. The van der Waals surface area contributed by atoms with Gasteiger partial charge in [-0.3, -0.25) is 5.10 Å². The van der Waals surface area contributed by atoms with E-state index < -0.39 is 11.9 Å². The van der Waals surface area contributed by atoms with Gasteiger partial charge in [0.05, 0.1) is 18.8 Å². The molecule has 0 fully saturated rings. The summed E-state index contributed by atoms with van der Waals surface area (Å²) in [5.74, 6) is -1.28. The predicted octanol–water partition coefficient (Wildman–Crippen LogP) is 1.31. The van der Waals surface area contributed by atoms with Crippen LogP contribution in [0.25, 0.3) is 11.0 Å². The molecule has 0 spiro atoms. The minimum atomic E-state index is -0.671. The van der Waals surface area contributed by atoms with E-state index in [0.29, 0.717) is 11.0 Å². The SMILES string of the molecule is CCOC(=O)c1cc2c[nH]nc2nc1C(=O)OCC. The molecule has 0 bridgehead atoms. The number of carbonyl (C=O) groups is 2. The van der Waals surface area contributed by atoms with E-state index in [4.69, 9.17) is 9.47 Å². The lowest BCUT2D eigenvalue weighted by Gasteiger charge is -2.07. The average Bonchev–Trinajstić information content (AvgIpc) is 2.85. The third-order valence-electron chi connectivity index (χ3n) is 2.39. The molecule has 2 heterocycles. The number of nitrogens with one attached hydrogen (secondary N) is 1. The summed E-state index contributed by atoms with van der Waals surface area (Å²) in [5, 5.41) is 7.11. The van der Waals surface area contributed by atoms with Crippen LogP contribution in [0, 0.1) is 0 Å². The van der Waals surface area contributed by atoms with Gasteiger partial charge < -0.3 is 9.47 Å². The van der Waals surface area contributed by atoms with Crippen molar-refractivity contribution < 1.29 is 19.1 Å². The highest BCUT2D eigenvalue weighted by Gasteiger charge is 2.22. The van der Waals surface area contributed by atoms with Crippen LogP contribution in [0.4, 0.5) is 0 Å². The summed E-state index contributed by atoms with van der Waals surface area (Å²) in [6.45, 7) is 3.77. The fourth-order valence-electron chi connectivity index (χ4n) is 1.60. The van der Waals surface area contributed by atoms with Crippen LogP contribution < -0.4 is 0 Å². The largest absolute Gasteiger partial charge is 0.462 e. The summed E-state index contributed by atoms with van der Waals surface area (Å²) < 4.78 is 9.78. The molecule has 2 aromatic rings. The number of hydrogen-bond acceptors (Lipinski definition) is 6. The van der Waals surface area contributed by atoms with Gasteiger partial charge in [0.15, 0.2) is 11.3 Å². The van der Waals surface area contributed by atoms with Crippen LogP contribution in [0.5, 0.6) is 0 Å². The van der Waals surface area contributed by atoms with Crippen molar-refractivity contribution in [1.82, 2.24) is 15.2 Å². The second kappa shape index (κ2) is 5.47. The number of carbonyl (C=O) groups excluding carboxylic acids is 2. The third kappa shape index (κ3) is 2.54. The zero-order chi connectivity index (χ0) is 13.8. The first-order chi connectivity index (χ1) is 9.17. The Labute approximate surface area is 108 Å². The molecule has 0 atom stereocenters. The smallest absolute Gasteiger partial charge is 0.357 e. The highest BCUT2D eigenvalue weighted by atomic mass is 16.5. The van der Waals surface area contributed by atoms with Crippen LogP contribution in [0.2, 0.25) is 0 Å². The second-order valence-corrected chi connectivity index (χ2v) is 3.62. The highest BCUT2D eigenvalue weighted by Crippen LogP contribution is 2.16. The first-order valence-corrected chi connectivity index (χ1v) is 5.86. The van der Waals surface area contributed by atoms with Gasteiger partial charge in [0.2, 0.25) is 0 Å². The van der Waals surface area contributed by atoms with Gasteiger partial charge in [0.1, 0.15) is 0 Å². The number of ether oxygens (including phenoxy) is 2. The van der Waals surface area contributed by atoms with Gasteiger partial charge >= 0.3 is 11.9 Å². The van der Waals surface area contributed by atoms with Crippen molar-refractivity contribution in [2.24, 2.45) is 0 Å². The summed E-state index contributed by atoms with van der Waals surface area (Å²) in [6.07, 6.45) is 1.58. The van der Waals surface area contributed by atoms with E-state index in [1.165, 1.54) is 6.07 Å². The lowest BCUT2D eigenvalue weighted by molar-refractivity contribution is 0.0474. The number of esters is 2. The maximum Gasteiger partial charge on any atom is 0.357 e. The fraction of sp³-hybridized carbons (Fsp3) is 0.333. The van der Waals surface area contributed by atoms with Crippen molar-refractivity contribution in [3.63, 3.8) is 0 Å². The molecule has 19 heavy (non-hydrogen) atoms. The number of rotatable bonds is 4. The van der Waals surface area contributed by atoms with E-state index in [-0.39, 0.29) is 24.5 Å². The van der Waals surface area contributed by atoms with Crippen LogP contribution in [0.3, 0.4) is 0 Å². The zero-order valence-electron chi connectivity index (χ0n) is 10.6.